The van der Waals surface area contributed by atoms with Gasteiger partial charge in [-0.25, -0.2) is 4.79 Å². The number of H-pyrrole nitrogens is 1. The summed E-state index contributed by atoms with van der Waals surface area (Å²) in [6.45, 7) is 8.91. The van der Waals surface area contributed by atoms with Crippen LogP contribution < -0.4 is 21.9 Å². The van der Waals surface area contributed by atoms with Crippen LogP contribution in [0.3, 0.4) is 0 Å². The number of nitrogens with two attached hydrogens (primary N) is 1. The van der Waals surface area contributed by atoms with Crippen molar-refractivity contribution in [2.45, 2.75) is 53.0 Å². The van der Waals surface area contributed by atoms with Gasteiger partial charge >= 0.3 is 6.03 Å². The number of aryl methyl sites for hydroxylation is 1. The molecule has 7 nitrogen and oxygen atoms in total. The van der Waals surface area contributed by atoms with E-state index >= 15 is 0 Å². The van der Waals surface area contributed by atoms with Crippen molar-refractivity contribution < 1.29 is 4.79 Å². The van der Waals surface area contributed by atoms with Gasteiger partial charge in [-0.3, -0.25) is 10.1 Å². The molecule has 2 unspecified atom stereocenters. The predicted octanol–water partition coefficient (Wildman–Crippen LogP) is 1.74. The lowest BCUT2D eigenvalue weighted by atomic mass is 9.62. The molecule has 0 spiro atoms. The van der Waals surface area contributed by atoms with Crippen molar-refractivity contribution in [1.29, 1.82) is 0 Å². The molecule has 1 fully saturated rings. The molecule has 1 aliphatic rings. The number of nitrogens with one attached hydrogen (secondary N) is 3. The minimum atomic E-state index is -0.383. The lowest BCUT2D eigenvalue weighted by molar-refractivity contribution is 0.0812. The van der Waals surface area contributed by atoms with Gasteiger partial charge in [0, 0.05) is 17.8 Å². The summed E-state index contributed by atoms with van der Waals surface area (Å²) in [5.74, 6) is 0.157. The molecule has 0 aliphatic heterocycles. The van der Waals surface area contributed by atoms with Gasteiger partial charge in [-0.2, -0.15) is 4.98 Å². The third kappa shape index (κ3) is 4.79. The molecule has 0 aromatic carbocycles. The van der Waals surface area contributed by atoms with Crippen LogP contribution in [0, 0.1) is 17.8 Å². The average molecular weight is 321 g/mol. The van der Waals surface area contributed by atoms with Crippen LogP contribution in [0.2, 0.25) is 0 Å². The highest BCUT2D eigenvalue weighted by Gasteiger charge is 2.40. The number of hydrogen-bond donors (Lipinski definition) is 4. The summed E-state index contributed by atoms with van der Waals surface area (Å²) >= 11 is 0. The standard InChI is InChI=1S/C16H27N5O2/c1-10-5-12(22)20-13(18-10)21-14(23)19-11-6-15(2,3)8-16(4,7-11)9-17/h5,11H,6-9,17H2,1-4H3,(H3,18,19,20,21,22,23). The van der Waals surface area contributed by atoms with E-state index in [1.54, 1.807) is 6.92 Å². The Hall–Kier alpha value is -1.89. The van der Waals surface area contributed by atoms with E-state index < -0.39 is 0 Å². The number of carbonyl (C=O) groups excluding carboxylic acids is 1. The maximum absolute atomic E-state index is 12.2. The van der Waals surface area contributed by atoms with E-state index in [4.69, 9.17) is 5.73 Å². The lowest BCUT2D eigenvalue weighted by Crippen LogP contribution is -2.50. The zero-order chi connectivity index (χ0) is 17.3. The number of anilines is 1. The molecule has 1 heterocycles. The van der Waals surface area contributed by atoms with Crippen molar-refractivity contribution in [3.8, 4) is 0 Å². The number of aromatic nitrogens is 2. The third-order valence-corrected chi connectivity index (χ3v) is 4.38. The van der Waals surface area contributed by atoms with Gasteiger partial charge < -0.3 is 16.0 Å². The maximum atomic E-state index is 12.2. The van der Waals surface area contributed by atoms with Gasteiger partial charge in [-0.15, -0.1) is 0 Å². The topological polar surface area (TPSA) is 113 Å². The number of aromatic amines is 1. The van der Waals surface area contributed by atoms with Gasteiger partial charge in [0.25, 0.3) is 5.56 Å². The molecule has 0 radical (unpaired) electrons. The second-order valence-corrected chi connectivity index (χ2v) is 7.81. The van der Waals surface area contributed by atoms with Crippen LogP contribution >= 0.6 is 0 Å². The van der Waals surface area contributed by atoms with Crippen LogP contribution in [0.1, 0.15) is 45.7 Å². The second kappa shape index (κ2) is 6.31. The van der Waals surface area contributed by atoms with Crippen molar-refractivity contribution in [2.24, 2.45) is 16.6 Å². The molecule has 7 heteroatoms. The third-order valence-electron chi connectivity index (χ3n) is 4.38. The van der Waals surface area contributed by atoms with E-state index in [1.807, 2.05) is 0 Å². The van der Waals surface area contributed by atoms with Gasteiger partial charge in [0.1, 0.15) is 0 Å². The molecule has 2 rings (SSSR count). The highest BCUT2D eigenvalue weighted by molar-refractivity contribution is 5.87. The molecule has 1 aromatic rings. The van der Waals surface area contributed by atoms with E-state index in [1.165, 1.54) is 6.07 Å². The lowest BCUT2D eigenvalue weighted by Gasteiger charge is -2.46. The van der Waals surface area contributed by atoms with Crippen LogP contribution in [0.15, 0.2) is 10.9 Å². The number of urea groups is 1. The molecule has 128 valence electrons. The highest BCUT2D eigenvalue weighted by Crippen LogP contribution is 2.45. The van der Waals surface area contributed by atoms with Crippen molar-refractivity contribution in [2.75, 3.05) is 11.9 Å². The molecule has 2 amide bonds. The first-order chi connectivity index (χ1) is 10.6. The highest BCUT2D eigenvalue weighted by atomic mass is 16.2. The van der Waals surface area contributed by atoms with E-state index in [0.717, 1.165) is 19.3 Å². The average Bonchev–Trinajstić information content (AvgIpc) is 2.34. The van der Waals surface area contributed by atoms with Crippen LogP contribution in [-0.2, 0) is 0 Å². The Labute approximate surface area is 136 Å². The number of rotatable bonds is 3. The Morgan fingerprint density at radius 1 is 1.43 bits per heavy atom. The van der Waals surface area contributed by atoms with Crippen LogP contribution in [0.5, 0.6) is 0 Å². The van der Waals surface area contributed by atoms with Crippen LogP contribution in [0.4, 0.5) is 10.7 Å². The molecule has 0 bridgehead atoms. The summed E-state index contributed by atoms with van der Waals surface area (Å²) in [4.78, 5) is 30.2. The van der Waals surface area contributed by atoms with E-state index in [9.17, 15) is 9.59 Å². The fraction of sp³-hybridized carbons (Fsp3) is 0.688. The molecular formula is C16H27N5O2. The van der Waals surface area contributed by atoms with E-state index in [0.29, 0.717) is 12.2 Å². The summed E-state index contributed by atoms with van der Waals surface area (Å²) in [5.41, 5.74) is 6.34. The molecule has 23 heavy (non-hydrogen) atoms. The Morgan fingerprint density at radius 3 is 2.74 bits per heavy atom. The SMILES string of the molecule is Cc1cc(=O)nc(NC(=O)NC2CC(C)(C)CC(C)(CN)C2)[nH]1. The molecule has 1 aliphatic carbocycles. The summed E-state index contributed by atoms with van der Waals surface area (Å²) in [6.07, 6.45) is 2.79. The zero-order valence-electron chi connectivity index (χ0n) is 14.3. The van der Waals surface area contributed by atoms with Gasteiger partial charge in [-0.1, -0.05) is 20.8 Å². The molecular weight excluding hydrogens is 294 g/mol. The van der Waals surface area contributed by atoms with Gasteiger partial charge in [0.2, 0.25) is 5.95 Å². The summed E-state index contributed by atoms with van der Waals surface area (Å²) < 4.78 is 0. The molecule has 5 N–H and O–H groups in total. The minimum absolute atomic E-state index is 0.0234. The number of hydrogen-bond acceptors (Lipinski definition) is 4. The monoisotopic (exact) mass is 321 g/mol. The Balaban J connectivity index is 2.03. The van der Waals surface area contributed by atoms with Gasteiger partial charge in [-0.05, 0) is 43.6 Å². The van der Waals surface area contributed by atoms with Crippen molar-refractivity contribution >= 4 is 12.0 Å². The first-order valence-electron chi connectivity index (χ1n) is 7.96. The van der Waals surface area contributed by atoms with Gasteiger partial charge in [0.15, 0.2) is 0 Å². The maximum Gasteiger partial charge on any atom is 0.321 e. The van der Waals surface area contributed by atoms with E-state index in [2.05, 4.69) is 41.4 Å². The molecule has 1 saturated carbocycles. The Bertz CT molecular complexity index is 640. The fourth-order valence-corrected chi connectivity index (χ4v) is 3.86. The first kappa shape index (κ1) is 17.5. The van der Waals surface area contributed by atoms with Crippen molar-refractivity contribution in [3.05, 3.63) is 22.1 Å². The normalized spacial score (nSPS) is 26.6. The summed E-state index contributed by atoms with van der Waals surface area (Å²) in [7, 11) is 0. The largest absolute Gasteiger partial charge is 0.335 e. The Kier molecular flexibility index (Phi) is 4.79. The van der Waals surface area contributed by atoms with Gasteiger partial charge in [0.05, 0.1) is 0 Å². The molecule has 0 saturated heterocycles. The second-order valence-electron chi connectivity index (χ2n) is 7.81. The van der Waals surface area contributed by atoms with Crippen molar-refractivity contribution in [3.63, 3.8) is 0 Å². The summed E-state index contributed by atoms with van der Waals surface area (Å²) in [5, 5.41) is 5.58. The number of carbonyl (C=O) groups is 1. The van der Waals surface area contributed by atoms with Crippen LogP contribution in [-0.4, -0.2) is 28.6 Å². The van der Waals surface area contributed by atoms with Crippen molar-refractivity contribution in [1.82, 2.24) is 15.3 Å². The predicted molar refractivity (Wildman–Crippen MR) is 90.3 cm³/mol. The van der Waals surface area contributed by atoms with E-state index in [-0.39, 0.29) is 34.4 Å². The zero-order valence-corrected chi connectivity index (χ0v) is 14.3. The minimum Gasteiger partial charge on any atom is -0.335 e. The fourth-order valence-electron chi connectivity index (χ4n) is 3.86. The number of amides is 2. The molecule has 1 aromatic heterocycles. The Morgan fingerprint density at radius 2 is 2.13 bits per heavy atom. The summed E-state index contributed by atoms with van der Waals surface area (Å²) in [6, 6.07) is 1.06. The van der Waals surface area contributed by atoms with Crippen LogP contribution in [0.25, 0.3) is 0 Å². The quantitative estimate of drug-likeness (QED) is 0.679. The number of nitrogens with zero attached hydrogens (tertiary/aromatic N) is 1. The molecule has 2 atom stereocenters. The first-order valence-corrected chi connectivity index (χ1v) is 7.96. The smallest absolute Gasteiger partial charge is 0.321 e.